The molecule has 0 saturated heterocycles. The van der Waals surface area contributed by atoms with E-state index < -0.39 is 0 Å². The summed E-state index contributed by atoms with van der Waals surface area (Å²) in [5.74, 6) is 1.70. The van der Waals surface area contributed by atoms with Crippen LogP contribution in [0.3, 0.4) is 0 Å². The van der Waals surface area contributed by atoms with Crippen LogP contribution in [0.25, 0.3) is 0 Å². The first kappa shape index (κ1) is 25.4. The molecule has 0 aromatic heterocycles. The Kier molecular flexibility index (Phi) is 9.62. The molecule has 3 rings (SSSR count). The molecule has 0 bridgehead atoms. The van der Waals surface area contributed by atoms with Crippen molar-refractivity contribution in [2.75, 3.05) is 13.2 Å². The van der Waals surface area contributed by atoms with E-state index in [1.165, 1.54) is 0 Å². The molecule has 0 aliphatic carbocycles. The van der Waals surface area contributed by atoms with E-state index in [4.69, 9.17) is 37.4 Å². The zero-order valence-electron chi connectivity index (χ0n) is 19.0. The van der Waals surface area contributed by atoms with Gasteiger partial charge in [-0.1, -0.05) is 41.4 Å². The fourth-order valence-electron chi connectivity index (χ4n) is 3.06. The van der Waals surface area contributed by atoms with Crippen LogP contribution < -0.4 is 19.6 Å². The number of rotatable bonds is 11. The van der Waals surface area contributed by atoms with Gasteiger partial charge in [-0.15, -0.1) is 0 Å². The van der Waals surface area contributed by atoms with Gasteiger partial charge in [-0.05, 0) is 67.4 Å². The molecule has 0 aliphatic rings. The molecule has 1 N–H and O–H groups in total. The van der Waals surface area contributed by atoms with Crippen molar-refractivity contribution in [1.29, 1.82) is 0 Å². The summed E-state index contributed by atoms with van der Waals surface area (Å²) < 4.78 is 17.0. The number of carbonyl (C=O) groups is 1. The van der Waals surface area contributed by atoms with Crippen LogP contribution in [0.2, 0.25) is 10.0 Å². The minimum atomic E-state index is -0.217. The summed E-state index contributed by atoms with van der Waals surface area (Å²) in [5, 5.41) is 5.16. The second-order valence-electron chi connectivity index (χ2n) is 7.21. The molecular weight excluding hydrogens is 475 g/mol. The van der Waals surface area contributed by atoms with Gasteiger partial charge in [0, 0.05) is 15.6 Å². The number of benzene rings is 3. The fourth-order valence-corrected chi connectivity index (χ4v) is 3.52. The molecule has 0 saturated carbocycles. The Morgan fingerprint density at radius 2 is 1.68 bits per heavy atom. The lowest BCUT2D eigenvalue weighted by atomic mass is 10.1. The Labute approximate surface area is 209 Å². The standard InChI is InChI=1S/C26H26Cl2N2O4/c1-3-32-22-10-5-18(6-11-22)14-26(31)30-29-16-19-7-12-24(25(13-19)33-4-2)34-17-20-8-9-21(27)15-23(20)28/h5-13,15-16H,3-4,14,17H2,1-2H3,(H,30,31)/b29-16+. The summed E-state index contributed by atoms with van der Waals surface area (Å²) in [6.07, 6.45) is 1.77. The van der Waals surface area contributed by atoms with Gasteiger partial charge in [0.1, 0.15) is 12.4 Å². The number of hydrazone groups is 1. The second-order valence-corrected chi connectivity index (χ2v) is 8.05. The van der Waals surface area contributed by atoms with Gasteiger partial charge in [-0.25, -0.2) is 5.43 Å². The number of hydrogen-bond donors (Lipinski definition) is 1. The second kappa shape index (κ2) is 12.9. The Bertz CT molecular complexity index is 1130. The van der Waals surface area contributed by atoms with Crippen molar-refractivity contribution in [2.24, 2.45) is 5.10 Å². The topological polar surface area (TPSA) is 69.2 Å². The smallest absolute Gasteiger partial charge is 0.244 e. The predicted octanol–water partition coefficient (Wildman–Crippen LogP) is 6.06. The van der Waals surface area contributed by atoms with E-state index in [-0.39, 0.29) is 18.9 Å². The molecule has 0 spiro atoms. The van der Waals surface area contributed by atoms with Gasteiger partial charge < -0.3 is 14.2 Å². The lowest BCUT2D eigenvalue weighted by Crippen LogP contribution is -2.19. The maximum absolute atomic E-state index is 12.2. The third-order valence-corrected chi connectivity index (χ3v) is 5.25. The first-order chi connectivity index (χ1) is 16.5. The average Bonchev–Trinajstić information content (AvgIpc) is 2.81. The van der Waals surface area contributed by atoms with Gasteiger partial charge in [0.25, 0.3) is 0 Å². The highest BCUT2D eigenvalue weighted by Crippen LogP contribution is 2.30. The van der Waals surface area contributed by atoms with Crippen LogP contribution in [0.1, 0.15) is 30.5 Å². The summed E-state index contributed by atoms with van der Waals surface area (Å²) in [6.45, 7) is 5.16. The largest absolute Gasteiger partial charge is 0.494 e. The number of hydrogen-bond acceptors (Lipinski definition) is 5. The van der Waals surface area contributed by atoms with E-state index in [0.717, 1.165) is 22.4 Å². The molecular formula is C26H26Cl2N2O4. The van der Waals surface area contributed by atoms with Crippen molar-refractivity contribution in [3.63, 3.8) is 0 Å². The van der Waals surface area contributed by atoms with E-state index in [1.807, 2.05) is 50.2 Å². The summed E-state index contributed by atoms with van der Waals surface area (Å²) in [4.78, 5) is 12.2. The summed E-state index contributed by atoms with van der Waals surface area (Å²) in [7, 11) is 0. The van der Waals surface area contributed by atoms with Gasteiger partial charge in [0.05, 0.1) is 25.8 Å². The highest BCUT2D eigenvalue weighted by Gasteiger charge is 2.09. The van der Waals surface area contributed by atoms with Crippen LogP contribution in [0.4, 0.5) is 0 Å². The molecule has 0 fully saturated rings. The van der Waals surface area contributed by atoms with E-state index in [1.54, 1.807) is 30.5 Å². The molecule has 0 radical (unpaired) electrons. The number of nitrogens with one attached hydrogen (secondary N) is 1. The molecule has 0 atom stereocenters. The molecule has 0 unspecified atom stereocenters. The number of amides is 1. The number of nitrogens with zero attached hydrogens (tertiary/aromatic N) is 1. The molecule has 1 amide bonds. The van der Waals surface area contributed by atoms with Gasteiger partial charge in [-0.2, -0.15) is 5.10 Å². The molecule has 34 heavy (non-hydrogen) atoms. The predicted molar refractivity (Wildman–Crippen MR) is 135 cm³/mol. The molecule has 0 aliphatic heterocycles. The van der Waals surface area contributed by atoms with Crippen molar-refractivity contribution in [3.05, 3.63) is 87.4 Å². The van der Waals surface area contributed by atoms with Crippen LogP contribution >= 0.6 is 23.2 Å². The highest BCUT2D eigenvalue weighted by molar-refractivity contribution is 6.35. The first-order valence-corrected chi connectivity index (χ1v) is 11.6. The lowest BCUT2D eigenvalue weighted by molar-refractivity contribution is -0.120. The van der Waals surface area contributed by atoms with Crippen molar-refractivity contribution >= 4 is 35.3 Å². The third kappa shape index (κ3) is 7.68. The normalized spacial score (nSPS) is 10.8. The maximum Gasteiger partial charge on any atom is 0.244 e. The number of ether oxygens (including phenoxy) is 3. The first-order valence-electron chi connectivity index (χ1n) is 10.9. The highest BCUT2D eigenvalue weighted by atomic mass is 35.5. The Hall–Kier alpha value is -3.22. The maximum atomic E-state index is 12.2. The fraction of sp³-hybridized carbons (Fsp3) is 0.231. The SMILES string of the molecule is CCOc1ccc(CC(=O)N/N=C/c2ccc(OCc3ccc(Cl)cc3Cl)c(OCC)c2)cc1. The van der Waals surface area contributed by atoms with Gasteiger partial charge in [0.15, 0.2) is 11.5 Å². The van der Waals surface area contributed by atoms with Crippen molar-refractivity contribution < 1.29 is 19.0 Å². The van der Waals surface area contributed by atoms with Gasteiger partial charge in [0.2, 0.25) is 5.91 Å². The molecule has 6 nitrogen and oxygen atoms in total. The van der Waals surface area contributed by atoms with Gasteiger partial charge >= 0.3 is 0 Å². The zero-order valence-corrected chi connectivity index (χ0v) is 20.5. The van der Waals surface area contributed by atoms with Crippen LogP contribution in [0, 0.1) is 0 Å². The molecule has 0 heterocycles. The van der Waals surface area contributed by atoms with Crippen molar-refractivity contribution in [2.45, 2.75) is 26.9 Å². The van der Waals surface area contributed by atoms with Crippen LogP contribution in [-0.2, 0) is 17.8 Å². The van der Waals surface area contributed by atoms with Crippen molar-refractivity contribution in [1.82, 2.24) is 5.43 Å². The summed E-state index contributed by atoms with van der Waals surface area (Å²) in [6, 6.07) is 18.1. The van der Waals surface area contributed by atoms with E-state index in [2.05, 4.69) is 10.5 Å². The molecule has 3 aromatic carbocycles. The third-order valence-electron chi connectivity index (χ3n) is 4.67. The van der Waals surface area contributed by atoms with Crippen LogP contribution in [0.5, 0.6) is 17.2 Å². The molecule has 3 aromatic rings. The Balaban J connectivity index is 1.58. The van der Waals surface area contributed by atoms with Crippen LogP contribution in [0.15, 0.2) is 65.8 Å². The van der Waals surface area contributed by atoms with E-state index in [9.17, 15) is 4.79 Å². The van der Waals surface area contributed by atoms with E-state index >= 15 is 0 Å². The lowest BCUT2D eigenvalue weighted by Gasteiger charge is -2.13. The average molecular weight is 501 g/mol. The van der Waals surface area contributed by atoms with E-state index in [0.29, 0.717) is 34.8 Å². The Morgan fingerprint density at radius 3 is 2.38 bits per heavy atom. The number of carbonyl (C=O) groups excluding carboxylic acids is 1. The van der Waals surface area contributed by atoms with Gasteiger partial charge in [-0.3, -0.25) is 4.79 Å². The summed E-state index contributed by atoms with van der Waals surface area (Å²) in [5.41, 5.74) is 4.98. The Morgan fingerprint density at radius 1 is 0.912 bits per heavy atom. The molecule has 8 heteroatoms. The monoisotopic (exact) mass is 500 g/mol. The zero-order chi connectivity index (χ0) is 24.3. The summed E-state index contributed by atoms with van der Waals surface area (Å²) >= 11 is 12.2. The van der Waals surface area contributed by atoms with Crippen LogP contribution in [-0.4, -0.2) is 25.3 Å². The molecule has 178 valence electrons. The minimum Gasteiger partial charge on any atom is -0.494 e. The quantitative estimate of drug-likeness (QED) is 0.256. The number of halogens is 2. The minimum absolute atomic E-state index is 0.216. The van der Waals surface area contributed by atoms with Crippen molar-refractivity contribution in [3.8, 4) is 17.2 Å².